The Balaban J connectivity index is 2.27. The summed E-state index contributed by atoms with van der Waals surface area (Å²) in [5.41, 5.74) is 8.09. The standard InChI is InChI=1S/C13H11N3OS/c14-12-11-9(8-4-2-1-3-5-8)7-18-13(11)16-10(6-17)15-12/h1-5,7,17H,6H2,(H2,14,15,16). The average Bonchev–Trinajstić information content (AvgIpc) is 2.84. The molecular weight excluding hydrogens is 246 g/mol. The topological polar surface area (TPSA) is 72.0 Å². The summed E-state index contributed by atoms with van der Waals surface area (Å²) in [4.78, 5) is 9.19. The van der Waals surface area contributed by atoms with Crippen molar-refractivity contribution in [2.75, 3.05) is 5.73 Å². The summed E-state index contributed by atoms with van der Waals surface area (Å²) in [5, 5.41) is 12.0. The minimum absolute atomic E-state index is 0.196. The molecule has 0 radical (unpaired) electrons. The van der Waals surface area contributed by atoms with E-state index in [2.05, 4.69) is 9.97 Å². The van der Waals surface area contributed by atoms with Gasteiger partial charge in [-0.2, -0.15) is 0 Å². The van der Waals surface area contributed by atoms with Gasteiger partial charge in [0.1, 0.15) is 17.3 Å². The van der Waals surface area contributed by atoms with Crippen LogP contribution in [0, 0.1) is 0 Å². The molecule has 0 amide bonds. The second-order valence-corrected chi connectivity index (χ2v) is 4.74. The van der Waals surface area contributed by atoms with E-state index in [4.69, 9.17) is 10.8 Å². The zero-order valence-corrected chi connectivity index (χ0v) is 10.3. The number of rotatable bonds is 2. The fourth-order valence-corrected chi connectivity index (χ4v) is 2.89. The van der Waals surface area contributed by atoms with Crippen molar-refractivity contribution >= 4 is 27.4 Å². The number of hydrogen-bond acceptors (Lipinski definition) is 5. The number of hydrogen-bond donors (Lipinski definition) is 2. The van der Waals surface area contributed by atoms with E-state index in [9.17, 15) is 0 Å². The summed E-state index contributed by atoms with van der Waals surface area (Å²) in [6, 6.07) is 10.00. The van der Waals surface area contributed by atoms with Crippen LogP contribution in [0.3, 0.4) is 0 Å². The molecule has 0 spiro atoms. The van der Waals surface area contributed by atoms with Crippen LogP contribution in [0.4, 0.5) is 5.82 Å². The molecule has 0 aliphatic rings. The number of aliphatic hydroxyl groups excluding tert-OH is 1. The maximum atomic E-state index is 9.07. The zero-order chi connectivity index (χ0) is 12.5. The van der Waals surface area contributed by atoms with Gasteiger partial charge < -0.3 is 10.8 Å². The molecule has 0 aliphatic heterocycles. The molecule has 2 heterocycles. The summed E-state index contributed by atoms with van der Waals surface area (Å²) in [7, 11) is 0. The van der Waals surface area contributed by atoms with Crippen LogP contribution in [0.2, 0.25) is 0 Å². The largest absolute Gasteiger partial charge is 0.388 e. The molecule has 0 fully saturated rings. The van der Waals surface area contributed by atoms with Crippen LogP contribution in [0.1, 0.15) is 5.82 Å². The van der Waals surface area contributed by atoms with Gasteiger partial charge in [0.25, 0.3) is 0 Å². The van der Waals surface area contributed by atoms with Crippen LogP contribution in [0.5, 0.6) is 0 Å². The van der Waals surface area contributed by atoms with Gasteiger partial charge in [0.15, 0.2) is 5.82 Å². The number of benzene rings is 1. The predicted octanol–water partition coefficient (Wildman–Crippen LogP) is 2.43. The van der Waals surface area contributed by atoms with Gasteiger partial charge in [-0.1, -0.05) is 30.3 Å². The molecule has 3 aromatic rings. The van der Waals surface area contributed by atoms with E-state index in [0.717, 1.165) is 21.3 Å². The summed E-state index contributed by atoms with van der Waals surface area (Å²) >= 11 is 1.51. The molecule has 3 N–H and O–H groups in total. The van der Waals surface area contributed by atoms with E-state index in [1.807, 2.05) is 35.7 Å². The summed E-state index contributed by atoms with van der Waals surface area (Å²) in [6.45, 7) is -0.196. The molecular formula is C13H11N3OS. The molecule has 2 aromatic heterocycles. The summed E-state index contributed by atoms with van der Waals surface area (Å²) in [6.07, 6.45) is 0. The van der Waals surface area contributed by atoms with E-state index >= 15 is 0 Å². The maximum Gasteiger partial charge on any atom is 0.157 e. The van der Waals surface area contributed by atoms with Crippen molar-refractivity contribution in [1.82, 2.24) is 9.97 Å². The third kappa shape index (κ3) is 1.73. The number of anilines is 1. The molecule has 3 rings (SSSR count). The third-order valence-electron chi connectivity index (χ3n) is 2.73. The van der Waals surface area contributed by atoms with Crippen LogP contribution >= 0.6 is 11.3 Å². The van der Waals surface area contributed by atoms with Gasteiger partial charge in [-0.25, -0.2) is 9.97 Å². The fourth-order valence-electron chi connectivity index (χ4n) is 1.92. The molecule has 0 saturated carbocycles. The molecule has 0 unspecified atom stereocenters. The molecule has 0 bridgehead atoms. The Morgan fingerprint density at radius 2 is 1.94 bits per heavy atom. The lowest BCUT2D eigenvalue weighted by Gasteiger charge is -2.03. The predicted molar refractivity (Wildman–Crippen MR) is 73.2 cm³/mol. The first-order valence-electron chi connectivity index (χ1n) is 5.49. The minimum atomic E-state index is -0.196. The van der Waals surface area contributed by atoms with Gasteiger partial charge in [0.2, 0.25) is 0 Å². The van der Waals surface area contributed by atoms with Crippen molar-refractivity contribution in [2.24, 2.45) is 0 Å². The van der Waals surface area contributed by atoms with Crippen LogP contribution in [0.25, 0.3) is 21.3 Å². The maximum absolute atomic E-state index is 9.07. The molecule has 4 nitrogen and oxygen atoms in total. The highest BCUT2D eigenvalue weighted by Crippen LogP contribution is 2.35. The average molecular weight is 257 g/mol. The highest BCUT2D eigenvalue weighted by Gasteiger charge is 2.12. The van der Waals surface area contributed by atoms with Crippen molar-refractivity contribution in [3.8, 4) is 11.1 Å². The lowest BCUT2D eigenvalue weighted by Crippen LogP contribution is -1.99. The second-order valence-electron chi connectivity index (χ2n) is 3.88. The van der Waals surface area contributed by atoms with Gasteiger partial charge in [-0.15, -0.1) is 11.3 Å². The first-order chi connectivity index (χ1) is 8.79. The van der Waals surface area contributed by atoms with Crippen LogP contribution in [0.15, 0.2) is 35.7 Å². The van der Waals surface area contributed by atoms with E-state index in [1.54, 1.807) is 0 Å². The number of nitrogens with two attached hydrogens (primary N) is 1. The number of aromatic nitrogens is 2. The Bertz CT molecular complexity index is 694. The van der Waals surface area contributed by atoms with E-state index in [1.165, 1.54) is 11.3 Å². The molecule has 1 aromatic carbocycles. The van der Waals surface area contributed by atoms with E-state index in [0.29, 0.717) is 11.6 Å². The Hall–Kier alpha value is -1.98. The molecule has 0 atom stereocenters. The fraction of sp³-hybridized carbons (Fsp3) is 0.0769. The van der Waals surface area contributed by atoms with Gasteiger partial charge in [0.05, 0.1) is 5.39 Å². The lowest BCUT2D eigenvalue weighted by atomic mass is 10.1. The SMILES string of the molecule is Nc1nc(CO)nc2scc(-c3ccccc3)c12. The number of thiophene rings is 1. The smallest absolute Gasteiger partial charge is 0.157 e. The molecule has 0 saturated heterocycles. The molecule has 18 heavy (non-hydrogen) atoms. The lowest BCUT2D eigenvalue weighted by molar-refractivity contribution is 0.272. The van der Waals surface area contributed by atoms with Gasteiger partial charge in [-0.05, 0) is 5.56 Å². The van der Waals surface area contributed by atoms with Crippen LogP contribution < -0.4 is 5.73 Å². The molecule has 5 heteroatoms. The van der Waals surface area contributed by atoms with E-state index < -0.39 is 0 Å². The first kappa shape index (κ1) is 11.1. The number of nitrogens with zero attached hydrogens (tertiary/aromatic N) is 2. The second kappa shape index (κ2) is 4.36. The van der Waals surface area contributed by atoms with E-state index in [-0.39, 0.29) is 6.61 Å². The van der Waals surface area contributed by atoms with Gasteiger partial charge >= 0.3 is 0 Å². The number of aliphatic hydroxyl groups is 1. The summed E-state index contributed by atoms with van der Waals surface area (Å²) < 4.78 is 0. The van der Waals surface area contributed by atoms with Crippen molar-refractivity contribution in [3.05, 3.63) is 41.5 Å². The summed E-state index contributed by atoms with van der Waals surface area (Å²) in [5.74, 6) is 0.783. The third-order valence-corrected chi connectivity index (χ3v) is 3.61. The quantitative estimate of drug-likeness (QED) is 0.739. The Kier molecular flexibility index (Phi) is 2.70. The zero-order valence-electron chi connectivity index (χ0n) is 9.50. The van der Waals surface area contributed by atoms with Crippen LogP contribution in [-0.2, 0) is 6.61 Å². The van der Waals surface area contributed by atoms with Crippen molar-refractivity contribution in [1.29, 1.82) is 0 Å². The highest BCUT2D eigenvalue weighted by atomic mass is 32.1. The van der Waals surface area contributed by atoms with Crippen molar-refractivity contribution < 1.29 is 5.11 Å². The Morgan fingerprint density at radius 1 is 1.17 bits per heavy atom. The van der Waals surface area contributed by atoms with Crippen molar-refractivity contribution in [2.45, 2.75) is 6.61 Å². The van der Waals surface area contributed by atoms with Gasteiger partial charge in [-0.3, -0.25) is 0 Å². The van der Waals surface area contributed by atoms with Gasteiger partial charge in [0, 0.05) is 10.9 Å². The molecule has 0 aliphatic carbocycles. The molecule has 90 valence electrons. The number of fused-ring (bicyclic) bond motifs is 1. The Labute approximate surface area is 108 Å². The Morgan fingerprint density at radius 3 is 2.67 bits per heavy atom. The monoisotopic (exact) mass is 257 g/mol. The van der Waals surface area contributed by atoms with Crippen LogP contribution in [-0.4, -0.2) is 15.1 Å². The first-order valence-corrected chi connectivity index (χ1v) is 6.37. The minimum Gasteiger partial charge on any atom is -0.388 e. The highest BCUT2D eigenvalue weighted by molar-refractivity contribution is 7.17. The number of nitrogen functional groups attached to an aromatic ring is 1. The van der Waals surface area contributed by atoms with Crippen molar-refractivity contribution in [3.63, 3.8) is 0 Å². The normalized spacial score (nSPS) is 10.9.